The van der Waals surface area contributed by atoms with E-state index in [2.05, 4.69) is 38.1 Å². The molecule has 0 unspecified atom stereocenters. The Hall–Kier alpha value is -3.80. The molecule has 0 amide bonds. The molecule has 26 heavy (non-hydrogen) atoms. The van der Waals surface area contributed by atoms with E-state index in [1.54, 1.807) is 24.7 Å². The van der Waals surface area contributed by atoms with E-state index < -0.39 is 0 Å². The van der Waals surface area contributed by atoms with Crippen molar-refractivity contribution in [3.63, 3.8) is 0 Å². The van der Waals surface area contributed by atoms with Gasteiger partial charge in [0.25, 0.3) is 0 Å². The van der Waals surface area contributed by atoms with Crippen LogP contribution in [0.2, 0.25) is 0 Å². The van der Waals surface area contributed by atoms with Crippen LogP contribution in [0.5, 0.6) is 0 Å². The zero-order chi connectivity index (χ0) is 17.5. The van der Waals surface area contributed by atoms with Crippen LogP contribution < -0.4 is 5.73 Å². The molecule has 0 atom stereocenters. The van der Waals surface area contributed by atoms with Crippen molar-refractivity contribution in [3.05, 3.63) is 73.4 Å². The van der Waals surface area contributed by atoms with Crippen molar-refractivity contribution in [1.29, 1.82) is 0 Å². The number of hydrogen-bond acceptors (Lipinski definition) is 5. The molecule has 6 heteroatoms. The lowest BCUT2D eigenvalue weighted by atomic mass is 10.1. The summed E-state index contributed by atoms with van der Waals surface area (Å²) in [7, 11) is 0. The molecule has 1 aromatic carbocycles. The lowest BCUT2D eigenvalue weighted by molar-refractivity contribution is 1.13. The van der Waals surface area contributed by atoms with Crippen LogP contribution in [0.3, 0.4) is 0 Å². The topological polar surface area (TPSA) is 82.0 Å². The molecule has 0 saturated carbocycles. The van der Waals surface area contributed by atoms with Gasteiger partial charge in [0, 0.05) is 35.1 Å². The van der Waals surface area contributed by atoms with Crippen molar-refractivity contribution in [3.8, 4) is 22.5 Å². The Morgan fingerprint density at radius 1 is 0.808 bits per heavy atom. The monoisotopic (exact) mass is 338 g/mol. The number of rotatable bonds is 2. The van der Waals surface area contributed by atoms with Gasteiger partial charge < -0.3 is 5.73 Å². The van der Waals surface area contributed by atoms with E-state index in [9.17, 15) is 0 Å². The molecule has 0 fully saturated rings. The summed E-state index contributed by atoms with van der Waals surface area (Å²) in [5.74, 6) is 0.489. The van der Waals surface area contributed by atoms with Crippen molar-refractivity contribution in [2.45, 2.75) is 0 Å². The first-order valence-corrected chi connectivity index (χ1v) is 8.18. The summed E-state index contributed by atoms with van der Waals surface area (Å²) >= 11 is 0. The fourth-order valence-corrected chi connectivity index (χ4v) is 3.04. The number of anilines is 1. The molecule has 0 aliphatic carbocycles. The minimum atomic E-state index is 0.489. The van der Waals surface area contributed by atoms with Crippen LogP contribution in [-0.2, 0) is 0 Å². The summed E-state index contributed by atoms with van der Waals surface area (Å²) in [6.07, 6.45) is 9.12. The number of aromatic nitrogens is 5. The Balaban J connectivity index is 1.67. The number of pyridine rings is 2. The van der Waals surface area contributed by atoms with E-state index in [-0.39, 0.29) is 0 Å². The molecule has 0 bridgehead atoms. The average Bonchev–Trinajstić information content (AvgIpc) is 3.11. The molecule has 0 aliphatic rings. The second-order valence-corrected chi connectivity index (χ2v) is 6.03. The first kappa shape index (κ1) is 14.5. The Kier molecular flexibility index (Phi) is 3.15. The predicted molar refractivity (Wildman–Crippen MR) is 101 cm³/mol. The van der Waals surface area contributed by atoms with Crippen LogP contribution in [-0.4, -0.2) is 24.3 Å². The lowest BCUT2D eigenvalue weighted by Crippen LogP contribution is -1.94. The van der Waals surface area contributed by atoms with Gasteiger partial charge in [-0.05, 0) is 30.3 Å². The highest BCUT2D eigenvalue weighted by Crippen LogP contribution is 2.26. The summed E-state index contributed by atoms with van der Waals surface area (Å²) in [5, 5.41) is 1.09. The van der Waals surface area contributed by atoms with Crippen LogP contribution in [0.25, 0.3) is 39.1 Å². The lowest BCUT2D eigenvalue weighted by Gasteiger charge is -2.06. The standard InChI is InChI=1S/C20H14N6/c21-19-6-4-15(9-24-19)17-12-26-18(10-25-20(26)11-23-17)14-3-5-16-13(8-14)2-1-7-22-16/h1-12H,(H2,21,24). The summed E-state index contributed by atoms with van der Waals surface area (Å²) in [6.45, 7) is 0. The number of nitrogens with two attached hydrogens (primary N) is 1. The molecular formula is C20H14N6. The number of fused-ring (bicyclic) bond motifs is 2. The van der Waals surface area contributed by atoms with Gasteiger partial charge in [-0.1, -0.05) is 12.1 Å². The van der Waals surface area contributed by atoms with Crippen LogP contribution in [0.15, 0.2) is 73.4 Å². The van der Waals surface area contributed by atoms with Crippen molar-refractivity contribution in [1.82, 2.24) is 24.3 Å². The zero-order valence-electron chi connectivity index (χ0n) is 13.7. The minimum absolute atomic E-state index is 0.489. The maximum absolute atomic E-state index is 5.67. The zero-order valence-corrected chi connectivity index (χ0v) is 13.7. The highest BCUT2D eigenvalue weighted by Gasteiger charge is 2.09. The van der Waals surface area contributed by atoms with Crippen LogP contribution in [0, 0.1) is 0 Å². The van der Waals surface area contributed by atoms with Gasteiger partial charge in [0.1, 0.15) is 5.82 Å². The number of nitrogen functional groups attached to an aromatic ring is 1. The molecule has 0 spiro atoms. The quantitative estimate of drug-likeness (QED) is 0.532. The maximum atomic E-state index is 5.67. The molecular weight excluding hydrogens is 324 g/mol. The highest BCUT2D eigenvalue weighted by atomic mass is 15.0. The number of hydrogen-bond donors (Lipinski definition) is 1. The van der Waals surface area contributed by atoms with E-state index in [0.29, 0.717) is 5.82 Å². The molecule has 4 heterocycles. The normalized spacial score (nSPS) is 11.2. The van der Waals surface area contributed by atoms with Crippen LogP contribution >= 0.6 is 0 Å². The SMILES string of the molecule is Nc1ccc(-c2cn3c(-c4ccc5ncccc5c4)cnc3cn2)cn1. The fourth-order valence-electron chi connectivity index (χ4n) is 3.04. The van der Waals surface area contributed by atoms with E-state index in [0.717, 1.165) is 39.1 Å². The van der Waals surface area contributed by atoms with E-state index in [1.165, 1.54) is 0 Å². The Labute approximate surface area is 149 Å². The molecule has 4 aromatic heterocycles. The van der Waals surface area contributed by atoms with Gasteiger partial charge in [0.15, 0.2) is 5.65 Å². The molecule has 0 radical (unpaired) electrons. The third-order valence-corrected chi connectivity index (χ3v) is 4.38. The van der Waals surface area contributed by atoms with Gasteiger partial charge in [-0.15, -0.1) is 0 Å². The predicted octanol–water partition coefficient (Wildman–Crippen LogP) is 3.59. The van der Waals surface area contributed by atoms with Crippen LogP contribution in [0.1, 0.15) is 0 Å². The number of nitrogens with zero attached hydrogens (tertiary/aromatic N) is 5. The van der Waals surface area contributed by atoms with Gasteiger partial charge in [-0.25, -0.2) is 9.97 Å². The summed E-state index contributed by atoms with van der Waals surface area (Å²) in [4.78, 5) is 17.5. The minimum Gasteiger partial charge on any atom is -0.384 e. The van der Waals surface area contributed by atoms with Crippen molar-refractivity contribution in [2.75, 3.05) is 5.73 Å². The first-order valence-electron chi connectivity index (χ1n) is 8.18. The Morgan fingerprint density at radius 2 is 1.73 bits per heavy atom. The molecule has 124 valence electrons. The summed E-state index contributed by atoms with van der Waals surface area (Å²) < 4.78 is 2.04. The van der Waals surface area contributed by atoms with Gasteiger partial charge in [-0.3, -0.25) is 14.4 Å². The van der Waals surface area contributed by atoms with E-state index in [1.807, 2.05) is 35.0 Å². The third kappa shape index (κ3) is 2.36. The third-order valence-electron chi connectivity index (χ3n) is 4.38. The second-order valence-electron chi connectivity index (χ2n) is 6.03. The smallest absolute Gasteiger partial charge is 0.155 e. The second kappa shape index (κ2) is 5.63. The van der Waals surface area contributed by atoms with Gasteiger partial charge in [-0.2, -0.15) is 0 Å². The first-order chi connectivity index (χ1) is 12.8. The summed E-state index contributed by atoms with van der Waals surface area (Å²) in [5.41, 5.74) is 11.2. The molecule has 2 N–H and O–H groups in total. The van der Waals surface area contributed by atoms with Crippen molar-refractivity contribution >= 4 is 22.4 Å². The molecule has 6 nitrogen and oxygen atoms in total. The average molecular weight is 338 g/mol. The Bertz CT molecular complexity index is 1240. The number of imidazole rings is 1. The fraction of sp³-hybridized carbons (Fsp3) is 0. The van der Waals surface area contributed by atoms with Gasteiger partial charge in [0.2, 0.25) is 0 Å². The molecule has 0 aliphatic heterocycles. The summed E-state index contributed by atoms with van der Waals surface area (Å²) in [6, 6.07) is 13.9. The van der Waals surface area contributed by atoms with Crippen LogP contribution in [0.4, 0.5) is 5.82 Å². The highest BCUT2D eigenvalue weighted by molar-refractivity contribution is 5.84. The molecule has 5 rings (SSSR count). The van der Waals surface area contributed by atoms with E-state index >= 15 is 0 Å². The van der Waals surface area contributed by atoms with Gasteiger partial charge >= 0.3 is 0 Å². The number of benzene rings is 1. The van der Waals surface area contributed by atoms with E-state index in [4.69, 9.17) is 5.73 Å². The molecule has 5 aromatic rings. The van der Waals surface area contributed by atoms with Crippen molar-refractivity contribution in [2.24, 2.45) is 0 Å². The Morgan fingerprint density at radius 3 is 2.62 bits per heavy atom. The van der Waals surface area contributed by atoms with Gasteiger partial charge in [0.05, 0.1) is 29.3 Å². The van der Waals surface area contributed by atoms with Crippen molar-refractivity contribution < 1.29 is 0 Å². The molecule has 0 saturated heterocycles. The largest absolute Gasteiger partial charge is 0.384 e. The maximum Gasteiger partial charge on any atom is 0.155 e.